The van der Waals surface area contributed by atoms with E-state index in [4.69, 9.17) is 16.3 Å². The lowest BCUT2D eigenvalue weighted by Gasteiger charge is -2.17. The monoisotopic (exact) mass is 424 g/mol. The molecule has 0 aliphatic rings. The van der Waals surface area contributed by atoms with Gasteiger partial charge in [0, 0.05) is 40.3 Å². The molecule has 0 aliphatic carbocycles. The quantitative estimate of drug-likeness (QED) is 0.551. The van der Waals surface area contributed by atoms with Crippen LogP contribution in [0.5, 0.6) is 0 Å². The van der Waals surface area contributed by atoms with Crippen LogP contribution >= 0.6 is 11.6 Å². The van der Waals surface area contributed by atoms with Gasteiger partial charge in [-0.1, -0.05) is 23.7 Å². The molecule has 5 nitrogen and oxygen atoms in total. The van der Waals surface area contributed by atoms with E-state index in [0.717, 1.165) is 27.8 Å². The summed E-state index contributed by atoms with van der Waals surface area (Å²) < 4.78 is 5.19. The van der Waals surface area contributed by atoms with Crippen LogP contribution in [-0.2, 0) is 21.6 Å². The molecule has 6 heteroatoms. The smallest absolute Gasteiger partial charge is 0.310 e. The van der Waals surface area contributed by atoms with Crippen molar-refractivity contribution in [3.05, 3.63) is 71.3 Å². The average molecular weight is 425 g/mol. The molecule has 1 aromatic carbocycles. The highest BCUT2D eigenvalue weighted by Crippen LogP contribution is 2.32. The molecule has 3 aromatic rings. The van der Waals surface area contributed by atoms with Gasteiger partial charge in [0.25, 0.3) is 0 Å². The number of esters is 1. The van der Waals surface area contributed by atoms with Crippen LogP contribution in [0, 0.1) is 0 Å². The molecule has 0 radical (unpaired) electrons. The Balaban J connectivity index is 1.88. The molecule has 2 heterocycles. The number of ether oxygens (including phenoxy) is 1. The number of carbonyl (C=O) groups excluding carboxylic acids is 1. The summed E-state index contributed by atoms with van der Waals surface area (Å²) >= 11 is 6.51. The third-order valence-corrected chi connectivity index (χ3v) is 4.83. The third kappa shape index (κ3) is 5.43. The summed E-state index contributed by atoms with van der Waals surface area (Å²) in [5.41, 5.74) is 3.82. The van der Waals surface area contributed by atoms with Crippen LogP contribution in [0.3, 0.4) is 0 Å². The van der Waals surface area contributed by atoms with E-state index in [1.165, 1.54) is 0 Å². The SMILES string of the molecule is CC(C)OC(=O)Cc1ccc(-c2cncc(-c3ccnc(C(C)(C)O)c3)c2)c(Cl)c1. The lowest BCUT2D eigenvalue weighted by Crippen LogP contribution is -2.17. The van der Waals surface area contributed by atoms with E-state index in [1.807, 2.05) is 44.2 Å². The number of pyridine rings is 2. The molecule has 0 bridgehead atoms. The number of aliphatic hydroxyl groups is 1. The van der Waals surface area contributed by atoms with Crippen molar-refractivity contribution >= 4 is 17.6 Å². The molecule has 0 saturated carbocycles. The van der Waals surface area contributed by atoms with E-state index in [2.05, 4.69) is 9.97 Å². The molecule has 0 spiro atoms. The van der Waals surface area contributed by atoms with Gasteiger partial charge in [-0.3, -0.25) is 14.8 Å². The zero-order valence-electron chi connectivity index (χ0n) is 17.5. The van der Waals surface area contributed by atoms with E-state index < -0.39 is 5.60 Å². The number of hydrogen-bond acceptors (Lipinski definition) is 5. The second-order valence-corrected chi connectivity index (χ2v) is 8.39. The van der Waals surface area contributed by atoms with Gasteiger partial charge < -0.3 is 9.84 Å². The molecule has 0 amide bonds. The maximum absolute atomic E-state index is 11.9. The number of hydrogen-bond donors (Lipinski definition) is 1. The Morgan fingerprint density at radius 1 is 1.10 bits per heavy atom. The summed E-state index contributed by atoms with van der Waals surface area (Å²) in [4.78, 5) is 20.5. The Morgan fingerprint density at radius 2 is 1.83 bits per heavy atom. The molecular weight excluding hydrogens is 400 g/mol. The molecule has 1 N–H and O–H groups in total. The fraction of sp³-hybridized carbons (Fsp3) is 0.292. The average Bonchev–Trinajstić information content (AvgIpc) is 2.67. The first-order valence-corrected chi connectivity index (χ1v) is 10.1. The summed E-state index contributed by atoms with van der Waals surface area (Å²) in [5.74, 6) is -0.280. The van der Waals surface area contributed by atoms with E-state index in [1.54, 1.807) is 38.5 Å². The third-order valence-electron chi connectivity index (χ3n) is 4.52. The molecular formula is C24H25ClN2O3. The minimum atomic E-state index is -1.03. The van der Waals surface area contributed by atoms with Crippen LogP contribution < -0.4 is 0 Å². The molecule has 0 fully saturated rings. The van der Waals surface area contributed by atoms with Crippen LogP contribution in [0.2, 0.25) is 5.02 Å². The van der Waals surface area contributed by atoms with Gasteiger partial charge in [-0.05, 0) is 63.1 Å². The molecule has 0 saturated heterocycles. The largest absolute Gasteiger partial charge is 0.463 e. The Kier molecular flexibility index (Phi) is 6.54. The summed E-state index contributed by atoms with van der Waals surface area (Å²) in [5, 5.41) is 10.8. The first-order chi connectivity index (χ1) is 14.1. The highest BCUT2D eigenvalue weighted by molar-refractivity contribution is 6.33. The number of halogens is 1. The van der Waals surface area contributed by atoms with Crippen molar-refractivity contribution in [2.45, 2.75) is 45.8 Å². The summed E-state index contributed by atoms with van der Waals surface area (Å²) in [6, 6.07) is 11.3. The number of aromatic nitrogens is 2. The van der Waals surface area contributed by atoms with Crippen LogP contribution in [0.4, 0.5) is 0 Å². The van der Waals surface area contributed by atoms with E-state index in [-0.39, 0.29) is 18.5 Å². The van der Waals surface area contributed by atoms with Gasteiger partial charge >= 0.3 is 5.97 Å². The molecule has 3 rings (SSSR count). The molecule has 2 aromatic heterocycles. The van der Waals surface area contributed by atoms with Crippen molar-refractivity contribution < 1.29 is 14.6 Å². The molecule has 30 heavy (non-hydrogen) atoms. The van der Waals surface area contributed by atoms with Crippen LogP contribution in [0.15, 0.2) is 55.0 Å². The van der Waals surface area contributed by atoms with Crippen molar-refractivity contribution in [2.75, 3.05) is 0 Å². The highest BCUT2D eigenvalue weighted by atomic mass is 35.5. The predicted octanol–water partition coefficient (Wildman–Crippen LogP) is 5.19. The number of rotatable bonds is 6. The van der Waals surface area contributed by atoms with Gasteiger partial charge in [0.05, 0.1) is 18.2 Å². The van der Waals surface area contributed by atoms with Crippen LogP contribution in [-0.4, -0.2) is 27.1 Å². The normalized spacial score (nSPS) is 11.6. The summed E-state index contributed by atoms with van der Waals surface area (Å²) in [6.07, 6.45) is 5.21. The number of carbonyl (C=O) groups is 1. The van der Waals surface area contributed by atoms with Gasteiger partial charge in [-0.25, -0.2) is 0 Å². The first kappa shape index (κ1) is 21.9. The number of benzene rings is 1. The van der Waals surface area contributed by atoms with Crippen LogP contribution in [0.25, 0.3) is 22.3 Å². The van der Waals surface area contributed by atoms with E-state index >= 15 is 0 Å². The minimum Gasteiger partial charge on any atom is -0.463 e. The Labute approximate surface area is 181 Å². The standard InChI is InChI=1S/C24H25ClN2O3/c1-15(2)30-23(28)10-16-5-6-20(21(25)9-16)19-11-18(13-26-14-19)17-7-8-27-22(12-17)24(3,4)29/h5-9,11-15,29H,10H2,1-4H3. The zero-order valence-corrected chi connectivity index (χ0v) is 18.3. The van der Waals surface area contributed by atoms with Crippen molar-refractivity contribution in [3.8, 4) is 22.3 Å². The van der Waals surface area contributed by atoms with Gasteiger partial charge in [0.1, 0.15) is 5.60 Å². The van der Waals surface area contributed by atoms with Crippen molar-refractivity contribution in [1.29, 1.82) is 0 Å². The Morgan fingerprint density at radius 3 is 2.50 bits per heavy atom. The maximum atomic E-state index is 11.9. The maximum Gasteiger partial charge on any atom is 0.310 e. The predicted molar refractivity (Wildman–Crippen MR) is 118 cm³/mol. The van der Waals surface area contributed by atoms with Crippen molar-refractivity contribution in [3.63, 3.8) is 0 Å². The topological polar surface area (TPSA) is 72.3 Å². The molecule has 0 aliphatic heterocycles. The van der Waals surface area contributed by atoms with Gasteiger partial charge in [0.2, 0.25) is 0 Å². The van der Waals surface area contributed by atoms with E-state index in [0.29, 0.717) is 10.7 Å². The van der Waals surface area contributed by atoms with Gasteiger partial charge in [-0.15, -0.1) is 0 Å². The van der Waals surface area contributed by atoms with Gasteiger partial charge in [-0.2, -0.15) is 0 Å². The van der Waals surface area contributed by atoms with Gasteiger partial charge in [0.15, 0.2) is 0 Å². The van der Waals surface area contributed by atoms with Crippen molar-refractivity contribution in [1.82, 2.24) is 9.97 Å². The summed E-state index contributed by atoms with van der Waals surface area (Å²) in [7, 11) is 0. The lowest BCUT2D eigenvalue weighted by molar-refractivity contribution is -0.146. The second kappa shape index (κ2) is 8.94. The Hall–Kier alpha value is -2.76. The molecule has 0 atom stereocenters. The second-order valence-electron chi connectivity index (χ2n) is 7.98. The zero-order chi connectivity index (χ0) is 21.9. The fourth-order valence-electron chi connectivity index (χ4n) is 3.06. The fourth-order valence-corrected chi connectivity index (χ4v) is 3.38. The lowest BCUT2D eigenvalue weighted by atomic mass is 9.98. The highest BCUT2D eigenvalue weighted by Gasteiger charge is 2.18. The first-order valence-electron chi connectivity index (χ1n) is 9.76. The van der Waals surface area contributed by atoms with Crippen molar-refractivity contribution in [2.24, 2.45) is 0 Å². The number of nitrogens with zero attached hydrogens (tertiary/aromatic N) is 2. The molecule has 156 valence electrons. The summed E-state index contributed by atoms with van der Waals surface area (Å²) in [6.45, 7) is 7.04. The van der Waals surface area contributed by atoms with E-state index in [9.17, 15) is 9.90 Å². The molecule has 0 unspecified atom stereocenters. The Bertz CT molecular complexity index is 1060. The minimum absolute atomic E-state index is 0.147. The van der Waals surface area contributed by atoms with Crippen LogP contribution in [0.1, 0.15) is 39.0 Å².